The van der Waals surface area contributed by atoms with Crippen molar-refractivity contribution in [3.8, 4) is 0 Å². The van der Waals surface area contributed by atoms with Crippen molar-refractivity contribution in [1.29, 1.82) is 0 Å². The van der Waals surface area contributed by atoms with Crippen LogP contribution in [0.15, 0.2) is 85.1 Å². The number of carbonyl (C=O) groups excluding carboxylic acids is 2. The Morgan fingerprint density at radius 3 is 0.943 bits per heavy atom. The molecule has 87 heavy (non-hydrogen) atoms. The number of ether oxygens (including phenoxy) is 2. The maximum atomic E-state index is 12.8. The van der Waals surface area contributed by atoms with Crippen molar-refractivity contribution >= 4 is 19.8 Å². The molecule has 0 aromatic rings. The lowest BCUT2D eigenvalue weighted by Gasteiger charge is -2.19. The minimum absolute atomic E-state index is 0.0537. The van der Waals surface area contributed by atoms with Crippen LogP contribution in [0.2, 0.25) is 0 Å². The standard InChI is InChI=1S/C77H140NO8P/c1-3-5-7-9-11-13-15-17-19-21-23-25-27-29-31-33-34-35-36-37-38-39-40-42-44-46-48-50-52-54-56-58-60-62-64-66-68-70-77(80)86-75(74-85-87(81,82)84-72-71-78)73-83-76(79)69-67-65-63-61-59-57-55-53-51-49-47-45-43-41-32-30-28-26-24-22-20-18-16-14-12-10-8-6-4-2/h5,7,11,13,16-19,22-25,29,31,75H,3-4,6,8-10,12,14-15,20-21,26-28,30,32-74,78H2,1-2H3,(H,81,82)/b7-5-,13-11-,18-16-,19-17-,24-22-,25-23-,31-29-. The van der Waals surface area contributed by atoms with Crippen LogP contribution in [-0.2, 0) is 32.7 Å². The average molecular weight is 1240 g/mol. The predicted molar refractivity (Wildman–Crippen MR) is 376 cm³/mol. The quantitative estimate of drug-likeness (QED) is 0.0264. The Hall–Kier alpha value is -2.81. The molecule has 0 fully saturated rings. The molecule has 0 aliphatic heterocycles. The van der Waals surface area contributed by atoms with Gasteiger partial charge in [0.15, 0.2) is 6.10 Å². The highest BCUT2D eigenvalue weighted by Gasteiger charge is 2.26. The third-order valence-electron chi connectivity index (χ3n) is 16.3. The molecule has 0 amide bonds. The molecule has 0 saturated heterocycles. The van der Waals surface area contributed by atoms with Crippen LogP contribution >= 0.6 is 7.82 Å². The molecule has 0 aliphatic carbocycles. The first-order valence-electron chi connectivity index (χ1n) is 37.1. The highest BCUT2D eigenvalue weighted by molar-refractivity contribution is 7.47. The molecule has 0 radical (unpaired) electrons. The SMILES string of the molecule is CC/C=C\C/C=C\C/C=C\C/C=C\C/C=C\CCCCCCCCCCCCCCCCCCCCCCCC(=O)OC(COC(=O)CCCCCCCCCCCCCCCCCCC/C=C\C/C=C\CCCCCCC)COP(=O)(O)OCCN. The first-order valence-corrected chi connectivity index (χ1v) is 38.6. The third-order valence-corrected chi connectivity index (χ3v) is 17.2. The van der Waals surface area contributed by atoms with Gasteiger partial charge in [0, 0.05) is 19.4 Å². The zero-order valence-corrected chi connectivity index (χ0v) is 57.9. The minimum atomic E-state index is -4.40. The normalized spacial score (nSPS) is 13.4. The maximum Gasteiger partial charge on any atom is 0.472 e. The van der Waals surface area contributed by atoms with E-state index in [-0.39, 0.29) is 38.6 Å². The van der Waals surface area contributed by atoms with Gasteiger partial charge in [-0.15, -0.1) is 0 Å². The van der Waals surface area contributed by atoms with E-state index in [1.807, 2.05) is 0 Å². The van der Waals surface area contributed by atoms with Crippen molar-refractivity contribution in [2.75, 3.05) is 26.4 Å². The van der Waals surface area contributed by atoms with Crippen LogP contribution in [-0.4, -0.2) is 49.3 Å². The average Bonchev–Trinajstić information content (AvgIpc) is 3.65. The number of allylic oxidation sites excluding steroid dienone is 14. The van der Waals surface area contributed by atoms with Gasteiger partial charge < -0.3 is 20.1 Å². The van der Waals surface area contributed by atoms with Crippen LogP contribution in [0.3, 0.4) is 0 Å². The lowest BCUT2D eigenvalue weighted by molar-refractivity contribution is -0.161. The number of hydrogen-bond acceptors (Lipinski definition) is 8. The summed E-state index contributed by atoms with van der Waals surface area (Å²) in [5.74, 6) is -0.810. The van der Waals surface area contributed by atoms with E-state index in [1.54, 1.807) is 0 Å². The molecule has 2 unspecified atom stereocenters. The Labute approximate surface area is 538 Å². The molecule has 2 atom stereocenters. The van der Waals surface area contributed by atoms with E-state index < -0.39 is 26.5 Å². The monoisotopic (exact) mass is 1240 g/mol. The second-order valence-corrected chi connectivity index (χ2v) is 26.2. The summed E-state index contributed by atoms with van der Waals surface area (Å²) in [7, 11) is -4.40. The second-order valence-electron chi connectivity index (χ2n) is 24.8. The smallest absolute Gasteiger partial charge is 0.462 e. The maximum absolute atomic E-state index is 12.8. The molecule has 3 N–H and O–H groups in total. The van der Waals surface area contributed by atoms with E-state index >= 15 is 0 Å². The van der Waals surface area contributed by atoms with Crippen LogP contribution in [0, 0.1) is 0 Å². The Balaban J connectivity index is 3.81. The number of carbonyl (C=O) groups is 2. The molecule has 9 nitrogen and oxygen atoms in total. The van der Waals surface area contributed by atoms with Crippen LogP contribution in [0.5, 0.6) is 0 Å². The van der Waals surface area contributed by atoms with Crippen molar-refractivity contribution in [2.45, 2.75) is 367 Å². The molecule has 0 heterocycles. The first-order chi connectivity index (χ1) is 42.8. The Morgan fingerprint density at radius 2 is 0.632 bits per heavy atom. The number of hydrogen-bond donors (Lipinski definition) is 2. The summed E-state index contributed by atoms with van der Waals surface area (Å²) in [5.41, 5.74) is 5.41. The number of unbranched alkanes of at least 4 members (excludes halogenated alkanes) is 43. The minimum Gasteiger partial charge on any atom is -0.462 e. The van der Waals surface area contributed by atoms with Gasteiger partial charge in [0.2, 0.25) is 0 Å². The molecule has 506 valence electrons. The summed E-state index contributed by atoms with van der Waals surface area (Å²) >= 11 is 0. The molecule has 0 bridgehead atoms. The Morgan fingerprint density at radius 1 is 0.356 bits per heavy atom. The molecular formula is C77H140NO8P. The molecule has 0 rings (SSSR count). The number of rotatable bonds is 70. The van der Waals surface area contributed by atoms with Crippen molar-refractivity contribution < 1.29 is 37.6 Å². The summed E-state index contributed by atoms with van der Waals surface area (Å²) in [5, 5.41) is 0. The van der Waals surface area contributed by atoms with E-state index in [1.165, 1.54) is 257 Å². The fourth-order valence-corrected chi connectivity index (χ4v) is 11.6. The topological polar surface area (TPSA) is 134 Å². The van der Waals surface area contributed by atoms with Gasteiger partial charge in [-0.05, 0) is 89.9 Å². The van der Waals surface area contributed by atoms with Gasteiger partial charge in [0.25, 0.3) is 0 Å². The second kappa shape index (κ2) is 72.3. The molecule has 0 aromatic carbocycles. The molecular weight excluding hydrogens is 1100 g/mol. The zero-order chi connectivity index (χ0) is 63.0. The number of esters is 2. The van der Waals surface area contributed by atoms with Gasteiger partial charge in [-0.25, -0.2) is 4.57 Å². The highest BCUT2D eigenvalue weighted by Crippen LogP contribution is 2.43. The lowest BCUT2D eigenvalue weighted by atomic mass is 10.0. The van der Waals surface area contributed by atoms with Gasteiger partial charge in [-0.3, -0.25) is 18.6 Å². The van der Waals surface area contributed by atoms with Gasteiger partial charge in [0.1, 0.15) is 6.61 Å². The van der Waals surface area contributed by atoms with Crippen LogP contribution in [0.1, 0.15) is 361 Å². The van der Waals surface area contributed by atoms with Gasteiger partial charge in [0.05, 0.1) is 13.2 Å². The van der Waals surface area contributed by atoms with E-state index in [9.17, 15) is 19.0 Å². The Kier molecular flexibility index (Phi) is 69.9. The van der Waals surface area contributed by atoms with Gasteiger partial charge >= 0.3 is 19.8 Å². The van der Waals surface area contributed by atoms with E-state index in [0.29, 0.717) is 6.42 Å². The van der Waals surface area contributed by atoms with Crippen LogP contribution < -0.4 is 5.73 Å². The van der Waals surface area contributed by atoms with Gasteiger partial charge in [-0.1, -0.05) is 343 Å². The first kappa shape index (κ1) is 84.2. The molecule has 0 saturated carbocycles. The molecule has 0 aliphatic rings. The summed E-state index contributed by atoms with van der Waals surface area (Å²) in [6.07, 6.45) is 96.9. The van der Waals surface area contributed by atoms with Crippen molar-refractivity contribution in [1.82, 2.24) is 0 Å². The lowest BCUT2D eigenvalue weighted by Crippen LogP contribution is -2.29. The van der Waals surface area contributed by atoms with Crippen molar-refractivity contribution in [3.63, 3.8) is 0 Å². The predicted octanol–water partition coefficient (Wildman–Crippen LogP) is 24.5. The summed E-state index contributed by atoms with van der Waals surface area (Å²) < 4.78 is 33.2. The van der Waals surface area contributed by atoms with Crippen LogP contribution in [0.25, 0.3) is 0 Å². The largest absolute Gasteiger partial charge is 0.472 e. The van der Waals surface area contributed by atoms with Crippen molar-refractivity contribution in [2.24, 2.45) is 5.73 Å². The summed E-state index contributed by atoms with van der Waals surface area (Å²) in [6.45, 7) is 3.68. The van der Waals surface area contributed by atoms with Crippen LogP contribution in [0.4, 0.5) is 0 Å². The summed E-state index contributed by atoms with van der Waals surface area (Å²) in [6, 6.07) is 0. The third kappa shape index (κ3) is 72.1. The zero-order valence-electron chi connectivity index (χ0n) is 57.0. The fraction of sp³-hybridized carbons (Fsp3) is 0.792. The van der Waals surface area contributed by atoms with Gasteiger partial charge in [-0.2, -0.15) is 0 Å². The molecule has 10 heteroatoms. The van der Waals surface area contributed by atoms with E-state index in [2.05, 4.69) is 98.9 Å². The van der Waals surface area contributed by atoms with Crippen molar-refractivity contribution in [3.05, 3.63) is 85.1 Å². The highest BCUT2D eigenvalue weighted by atomic mass is 31.2. The summed E-state index contributed by atoms with van der Waals surface area (Å²) in [4.78, 5) is 35.4. The molecule has 0 aromatic heterocycles. The number of phosphoric ester groups is 1. The Bertz CT molecular complexity index is 1700. The number of nitrogens with two attached hydrogens (primary N) is 1. The number of phosphoric acid groups is 1. The fourth-order valence-electron chi connectivity index (χ4n) is 10.8. The molecule has 0 spiro atoms. The van der Waals surface area contributed by atoms with E-state index in [4.69, 9.17) is 24.3 Å². The van der Waals surface area contributed by atoms with E-state index in [0.717, 1.165) is 70.6 Å².